The van der Waals surface area contributed by atoms with Crippen LogP contribution in [0.1, 0.15) is 5.56 Å². The van der Waals surface area contributed by atoms with Crippen molar-refractivity contribution < 1.29 is 19.8 Å². The molecule has 1 aromatic heterocycles. The second-order valence-electron chi connectivity index (χ2n) is 4.91. The molecule has 1 aromatic carbocycles. The van der Waals surface area contributed by atoms with E-state index in [4.69, 9.17) is 5.11 Å². The number of carbonyl (C=O) groups is 2. The maximum Gasteiger partial charge on any atom is 0.326 e. The Morgan fingerprint density at radius 1 is 1.39 bits per heavy atom. The normalized spacial score (nSPS) is 11.7. The monoisotopic (exact) mass is 317 g/mol. The summed E-state index contributed by atoms with van der Waals surface area (Å²) in [5, 5.41) is 24.8. The summed E-state index contributed by atoms with van der Waals surface area (Å²) in [6.45, 7) is 0. The third-order valence-electron chi connectivity index (χ3n) is 3.37. The van der Waals surface area contributed by atoms with E-state index in [1.807, 2.05) is 0 Å². The number of aromatic nitrogens is 2. The second kappa shape index (κ2) is 6.73. The van der Waals surface area contributed by atoms with Crippen molar-refractivity contribution in [3.8, 4) is 16.9 Å². The number of carboxylic acids is 1. The van der Waals surface area contributed by atoms with E-state index in [2.05, 4.69) is 10.4 Å². The van der Waals surface area contributed by atoms with Crippen LogP contribution < -0.4 is 10.9 Å². The smallest absolute Gasteiger partial charge is 0.326 e. The van der Waals surface area contributed by atoms with Gasteiger partial charge in [0.05, 0.1) is 11.8 Å². The van der Waals surface area contributed by atoms with Gasteiger partial charge in [0, 0.05) is 13.5 Å². The first-order chi connectivity index (χ1) is 10.9. The van der Waals surface area contributed by atoms with Crippen molar-refractivity contribution in [2.75, 3.05) is 0 Å². The number of carboxylic acid groups (broad SMARTS) is 1. The zero-order valence-electron chi connectivity index (χ0n) is 12.3. The highest BCUT2D eigenvalue weighted by atomic mass is 16.4. The van der Waals surface area contributed by atoms with E-state index in [1.54, 1.807) is 24.3 Å². The van der Waals surface area contributed by atoms with E-state index in [0.717, 1.165) is 4.68 Å². The van der Waals surface area contributed by atoms with E-state index in [1.165, 1.54) is 13.2 Å². The van der Waals surface area contributed by atoms with E-state index >= 15 is 0 Å². The third kappa shape index (κ3) is 3.54. The van der Waals surface area contributed by atoms with Crippen molar-refractivity contribution in [1.82, 2.24) is 15.1 Å². The number of nitrogens with one attached hydrogen (secondary N) is 1. The van der Waals surface area contributed by atoms with E-state index in [9.17, 15) is 19.5 Å². The molecule has 0 saturated carbocycles. The van der Waals surface area contributed by atoms with E-state index < -0.39 is 17.6 Å². The summed E-state index contributed by atoms with van der Waals surface area (Å²) in [5.74, 6) is -1.37. The minimum atomic E-state index is -1.14. The molecule has 0 spiro atoms. The predicted molar refractivity (Wildman–Crippen MR) is 80.9 cm³/mol. The zero-order valence-corrected chi connectivity index (χ0v) is 12.3. The van der Waals surface area contributed by atoms with Gasteiger partial charge < -0.3 is 15.5 Å². The lowest BCUT2D eigenvalue weighted by Crippen LogP contribution is -2.37. The van der Waals surface area contributed by atoms with Crippen LogP contribution in [0.15, 0.2) is 35.3 Å². The molecule has 3 N–H and O–H groups in total. The highest BCUT2D eigenvalue weighted by Gasteiger charge is 2.17. The summed E-state index contributed by atoms with van der Waals surface area (Å²) in [6.07, 6.45) is 1.62. The Morgan fingerprint density at radius 2 is 2.04 bits per heavy atom. The number of rotatable bonds is 6. The van der Waals surface area contributed by atoms with E-state index in [0.29, 0.717) is 17.5 Å². The molecular weight excluding hydrogens is 302 g/mol. The van der Waals surface area contributed by atoms with Gasteiger partial charge in [-0.2, -0.15) is 5.10 Å². The topological polar surface area (TPSA) is 122 Å². The van der Waals surface area contributed by atoms with Gasteiger partial charge in [-0.15, -0.1) is 0 Å². The average Bonchev–Trinajstić information content (AvgIpc) is 2.52. The number of benzene rings is 1. The van der Waals surface area contributed by atoms with Gasteiger partial charge in [0.1, 0.15) is 11.8 Å². The molecule has 1 atom stereocenters. The molecule has 8 nitrogen and oxygen atoms in total. The lowest BCUT2D eigenvalue weighted by molar-refractivity contribution is -0.140. The molecule has 0 aliphatic heterocycles. The van der Waals surface area contributed by atoms with Gasteiger partial charge in [0.25, 0.3) is 5.56 Å². The fourth-order valence-electron chi connectivity index (χ4n) is 2.14. The summed E-state index contributed by atoms with van der Waals surface area (Å²) in [5.41, 5.74) is 0.837. The summed E-state index contributed by atoms with van der Waals surface area (Å²) in [4.78, 5) is 33.5. The predicted octanol–water partition coefficient (Wildman–Crippen LogP) is -0.105. The molecule has 1 unspecified atom stereocenters. The van der Waals surface area contributed by atoms with Crippen molar-refractivity contribution in [3.05, 3.63) is 46.4 Å². The largest absolute Gasteiger partial charge is 0.505 e. The van der Waals surface area contributed by atoms with Gasteiger partial charge >= 0.3 is 5.97 Å². The van der Waals surface area contributed by atoms with Gasteiger partial charge in [0.2, 0.25) is 6.41 Å². The van der Waals surface area contributed by atoms with Crippen molar-refractivity contribution in [1.29, 1.82) is 0 Å². The number of hydrogen-bond acceptors (Lipinski definition) is 5. The summed E-state index contributed by atoms with van der Waals surface area (Å²) < 4.78 is 1.11. The van der Waals surface area contributed by atoms with Gasteiger partial charge in [-0.3, -0.25) is 9.59 Å². The van der Waals surface area contributed by atoms with Crippen molar-refractivity contribution in [2.45, 2.75) is 12.5 Å². The third-order valence-corrected chi connectivity index (χ3v) is 3.37. The molecule has 0 bridgehead atoms. The highest BCUT2D eigenvalue weighted by molar-refractivity contribution is 5.76. The number of aromatic hydroxyl groups is 1. The Labute approximate surface area is 131 Å². The van der Waals surface area contributed by atoms with E-state index in [-0.39, 0.29) is 17.7 Å². The quantitative estimate of drug-likeness (QED) is 0.639. The molecule has 1 heterocycles. The molecule has 0 aliphatic rings. The SMILES string of the molecule is Cn1ncc(O)c(-c2ccc(CC(NC=O)C(=O)O)cc2)c1=O. The first kappa shape index (κ1) is 16.2. The number of hydrogen-bond donors (Lipinski definition) is 3. The van der Waals surface area contributed by atoms with Crippen molar-refractivity contribution in [2.24, 2.45) is 7.05 Å². The van der Waals surface area contributed by atoms with Crippen LogP contribution in [-0.2, 0) is 23.1 Å². The molecule has 0 saturated heterocycles. The van der Waals surface area contributed by atoms with Crippen molar-refractivity contribution in [3.63, 3.8) is 0 Å². The van der Waals surface area contributed by atoms with Gasteiger partial charge in [-0.05, 0) is 11.1 Å². The van der Waals surface area contributed by atoms with Gasteiger partial charge in [-0.25, -0.2) is 9.48 Å². The highest BCUT2D eigenvalue weighted by Crippen LogP contribution is 2.24. The fourth-order valence-corrected chi connectivity index (χ4v) is 2.14. The minimum Gasteiger partial charge on any atom is -0.505 e. The molecular formula is C15H15N3O5. The molecule has 2 aromatic rings. The number of aryl methyl sites for hydroxylation is 1. The van der Waals surface area contributed by atoms with Crippen LogP contribution in [0.2, 0.25) is 0 Å². The fraction of sp³-hybridized carbons (Fsp3) is 0.200. The molecule has 8 heteroatoms. The first-order valence-corrected chi connectivity index (χ1v) is 6.71. The Morgan fingerprint density at radius 3 is 2.61 bits per heavy atom. The molecule has 2 rings (SSSR count). The van der Waals surface area contributed by atoms with Crippen LogP contribution >= 0.6 is 0 Å². The molecule has 1 amide bonds. The Kier molecular flexibility index (Phi) is 4.75. The average molecular weight is 317 g/mol. The van der Waals surface area contributed by atoms with Crippen LogP contribution in [0.25, 0.3) is 11.1 Å². The van der Waals surface area contributed by atoms with Crippen LogP contribution in [0.3, 0.4) is 0 Å². The number of aliphatic carboxylic acids is 1. The lowest BCUT2D eigenvalue weighted by atomic mass is 10.0. The summed E-state index contributed by atoms with van der Waals surface area (Å²) >= 11 is 0. The van der Waals surface area contributed by atoms with Crippen LogP contribution in [0, 0.1) is 0 Å². The van der Waals surface area contributed by atoms with Crippen LogP contribution in [0.4, 0.5) is 0 Å². The van der Waals surface area contributed by atoms with Gasteiger partial charge in [-0.1, -0.05) is 24.3 Å². The minimum absolute atomic E-state index is 0.106. The number of nitrogens with zero attached hydrogens (tertiary/aromatic N) is 2. The van der Waals surface area contributed by atoms with Crippen molar-refractivity contribution >= 4 is 12.4 Å². The Bertz CT molecular complexity index is 783. The Balaban J connectivity index is 2.30. The standard InChI is InChI=1S/C15H15N3O5/c1-18-14(21)13(12(20)7-17-18)10-4-2-9(3-5-10)6-11(15(22)23)16-8-19/h2-5,7-8,11,20H,6H2,1H3,(H,16,19)(H,22,23). The first-order valence-electron chi connectivity index (χ1n) is 6.71. The molecule has 0 aliphatic carbocycles. The molecule has 23 heavy (non-hydrogen) atoms. The number of carbonyl (C=O) groups excluding carboxylic acids is 1. The molecule has 0 fully saturated rings. The van der Waals surface area contributed by atoms with Gasteiger partial charge in [0.15, 0.2) is 0 Å². The zero-order chi connectivity index (χ0) is 17.0. The molecule has 0 radical (unpaired) electrons. The summed E-state index contributed by atoms with van der Waals surface area (Å²) in [6, 6.07) is 5.45. The maximum atomic E-state index is 12.0. The van der Waals surface area contributed by atoms with Crippen LogP contribution in [-0.4, -0.2) is 38.4 Å². The summed E-state index contributed by atoms with van der Waals surface area (Å²) in [7, 11) is 1.47. The second-order valence-corrected chi connectivity index (χ2v) is 4.91. The maximum absolute atomic E-state index is 12.0. The van der Waals surface area contributed by atoms with Crippen LogP contribution in [0.5, 0.6) is 5.75 Å². The Hall–Kier alpha value is -3.16. The lowest BCUT2D eigenvalue weighted by Gasteiger charge is -2.11. The molecule has 120 valence electrons. The number of amides is 1.